The molecule has 2 saturated carbocycles. The molecule has 0 heterocycles. The zero-order valence-corrected chi connectivity index (χ0v) is 15.6. The van der Waals surface area contributed by atoms with Gasteiger partial charge in [0.25, 0.3) is 0 Å². The lowest BCUT2D eigenvalue weighted by Gasteiger charge is -2.42. The van der Waals surface area contributed by atoms with E-state index in [2.05, 4.69) is 10.6 Å². The van der Waals surface area contributed by atoms with E-state index in [4.69, 9.17) is 5.11 Å². The van der Waals surface area contributed by atoms with Crippen molar-refractivity contribution in [3.05, 3.63) is 29.3 Å². The quantitative estimate of drug-likeness (QED) is 0.656. The predicted octanol–water partition coefficient (Wildman–Crippen LogP) is 3.46. The molecular weight excluding hydrogens is 375 g/mol. The van der Waals surface area contributed by atoms with Gasteiger partial charge >= 0.3 is 18.2 Å². The van der Waals surface area contributed by atoms with E-state index in [-0.39, 0.29) is 29.9 Å². The Morgan fingerprint density at radius 3 is 2.50 bits per heavy atom. The lowest BCUT2D eigenvalue weighted by molar-refractivity contribution is -0.140. The molecule has 0 spiro atoms. The minimum atomic E-state index is -4.48. The van der Waals surface area contributed by atoms with Crippen LogP contribution in [0.3, 0.4) is 0 Å². The molecule has 0 radical (unpaired) electrons. The van der Waals surface area contributed by atoms with Crippen LogP contribution in [0.25, 0.3) is 0 Å². The second-order valence-electron chi connectivity index (χ2n) is 7.71. The summed E-state index contributed by atoms with van der Waals surface area (Å²) in [5, 5.41) is 14.2. The van der Waals surface area contributed by atoms with E-state index in [1.54, 1.807) is 0 Å². The average Bonchev–Trinajstić information content (AvgIpc) is 3.34. The number of amides is 2. The van der Waals surface area contributed by atoms with Crippen LogP contribution in [0.1, 0.15) is 36.8 Å². The van der Waals surface area contributed by atoms with Gasteiger partial charge in [-0.3, -0.25) is 9.69 Å². The molecule has 3 rings (SSSR count). The van der Waals surface area contributed by atoms with Crippen LogP contribution >= 0.6 is 0 Å². The second-order valence-corrected chi connectivity index (χ2v) is 7.71. The van der Waals surface area contributed by atoms with Crippen molar-refractivity contribution < 1.29 is 27.9 Å². The third-order valence-electron chi connectivity index (χ3n) is 5.29. The normalized spacial score (nSPS) is 21.9. The standard InChI is InChI=1S/C19H24F3N3O3/c1-11-2-5-13(8-16(11)19(20,21)22)23-18(28)24-14-6-15(7-14)25(10-17(26)27)9-12-3-4-12/h2,5,8,12,14-15H,3-4,6-7,9-10H2,1H3,(H,26,27)(H2,23,24,28). The number of hydrogen-bond donors (Lipinski definition) is 3. The van der Waals surface area contributed by atoms with Gasteiger partial charge in [-0.1, -0.05) is 6.07 Å². The van der Waals surface area contributed by atoms with E-state index in [0.717, 1.165) is 25.5 Å². The highest BCUT2D eigenvalue weighted by Crippen LogP contribution is 2.35. The first-order chi connectivity index (χ1) is 13.1. The maximum atomic E-state index is 13.0. The van der Waals surface area contributed by atoms with Gasteiger partial charge < -0.3 is 15.7 Å². The zero-order chi connectivity index (χ0) is 20.5. The van der Waals surface area contributed by atoms with Crippen molar-refractivity contribution in [1.82, 2.24) is 10.2 Å². The fourth-order valence-corrected chi connectivity index (χ4v) is 3.51. The number of carbonyl (C=O) groups excluding carboxylic acids is 1. The first-order valence-corrected chi connectivity index (χ1v) is 9.33. The Morgan fingerprint density at radius 1 is 1.25 bits per heavy atom. The Hall–Kier alpha value is -2.29. The first-order valence-electron chi connectivity index (χ1n) is 9.33. The third-order valence-corrected chi connectivity index (χ3v) is 5.29. The summed E-state index contributed by atoms with van der Waals surface area (Å²) >= 11 is 0. The fraction of sp³-hybridized carbons (Fsp3) is 0.579. The molecule has 28 heavy (non-hydrogen) atoms. The predicted molar refractivity (Wildman–Crippen MR) is 97.1 cm³/mol. The van der Waals surface area contributed by atoms with E-state index >= 15 is 0 Å². The minimum Gasteiger partial charge on any atom is -0.480 e. The highest BCUT2D eigenvalue weighted by Gasteiger charge is 2.38. The summed E-state index contributed by atoms with van der Waals surface area (Å²) in [6.45, 7) is 2.12. The molecule has 2 aliphatic rings. The summed E-state index contributed by atoms with van der Waals surface area (Å²) in [4.78, 5) is 25.1. The number of halogens is 3. The summed E-state index contributed by atoms with van der Waals surface area (Å²) in [6, 6.07) is 3.10. The molecule has 2 fully saturated rings. The highest BCUT2D eigenvalue weighted by atomic mass is 19.4. The van der Waals surface area contributed by atoms with Gasteiger partial charge in [0.15, 0.2) is 0 Å². The monoisotopic (exact) mass is 399 g/mol. The van der Waals surface area contributed by atoms with Crippen molar-refractivity contribution in [3.8, 4) is 0 Å². The third kappa shape index (κ3) is 5.37. The largest absolute Gasteiger partial charge is 0.480 e. The topological polar surface area (TPSA) is 81.7 Å². The van der Waals surface area contributed by atoms with Crippen molar-refractivity contribution in [2.45, 2.75) is 50.9 Å². The number of carboxylic acids is 1. The number of hydrogen-bond acceptors (Lipinski definition) is 3. The van der Waals surface area contributed by atoms with E-state index < -0.39 is 23.7 Å². The van der Waals surface area contributed by atoms with E-state index in [1.807, 2.05) is 4.90 Å². The first kappa shape index (κ1) is 20.4. The van der Waals surface area contributed by atoms with E-state index in [0.29, 0.717) is 18.8 Å². The van der Waals surface area contributed by atoms with Gasteiger partial charge in [-0.25, -0.2) is 4.79 Å². The van der Waals surface area contributed by atoms with E-state index in [9.17, 15) is 22.8 Å². The van der Waals surface area contributed by atoms with Gasteiger partial charge in [-0.2, -0.15) is 13.2 Å². The van der Waals surface area contributed by atoms with Gasteiger partial charge in [-0.15, -0.1) is 0 Å². The molecular formula is C19H24F3N3O3. The fourth-order valence-electron chi connectivity index (χ4n) is 3.51. The number of nitrogens with one attached hydrogen (secondary N) is 2. The lowest BCUT2D eigenvalue weighted by atomic mass is 9.85. The van der Waals surface area contributed by atoms with E-state index in [1.165, 1.54) is 19.1 Å². The van der Waals surface area contributed by atoms with Gasteiger partial charge in [0.05, 0.1) is 12.1 Å². The van der Waals surface area contributed by atoms with Crippen LogP contribution in [0.2, 0.25) is 0 Å². The summed E-state index contributed by atoms with van der Waals surface area (Å²) < 4.78 is 38.9. The van der Waals surface area contributed by atoms with Gasteiger partial charge in [0.1, 0.15) is 0 Å². The molecule has 0 aliphatic heterocycles. The van der Waals surface area contributed by atoms with Crippen molar-refractivity contribution in [2.75, 3.05) is 18.4 Å². The Balaban J connectivity index is 1.49. The molecule has 3 N–H and O–H groups in total. The SMILES string of the molecule is Cc1ccc(NC(=O)NC2CC(N(CC(=O)O)CC3CC3)C2)cc1C(F)(F)F. The molecule has 2 aliphatic carbocycles. The van der Waals surface area contributed by atoms with Crippen LogP contribution in [0.15, 0.2) is 18.2 Å². The van der Waals surface area contributed by atoms with Crippen molar-refractivity contribution >= 4 is 17.7 Å². The number of carbonyl (C=O) groups is 2. The van der Waals surface area contributed by atoms with Gasteiger partial charge in [0.2, 0.25) is 0 Å². The van der Waals surface area contributed by atoms with Crippen molar-refractivity contribution in [2.24, 2.45) is 5.92 Å². The molecule has 9 heteroatoms. The number of aliphatic carboxylic acids is 1. The Morgan fingerprint density at radius 2 is 1.93 bits per heavy atom. The number of alkyl halides is 3. The lowest BCUT2D eigenvalue weighted by Crippen LogP contribution is -2.55. The Kier molecular flexibility index (Phi) is 5.83. The number of nitrogens with zero attached hydrogens (tertiary/aromatic N) is 1. The number of benzene rings is 1. The summed E-state index contributed by atoms with van der Waals surface area (Å²) in [5.74, 6) is -0.298. The Bertz CT molecular complexity index is 744. The van der Waals surface area contributed by atoms with Crippen LogP contribution in [0, 0.1) is 12.8 Å². The molecule has 154 valence electrons. The zero-order valence-electron chi connectivity index (χ0n) is 15.6. The second kappa shape index (κ2) is 7.98. The van der Waals surface area contributed by atoms with Crippen LogP contribution < -0.4 is 10.6 Å². The smallest absolute Gasteiger partial charge is 0.416 e. The molecule has 6 nitrogen and oxygen atoms in total. The molecule has 1 aromatic carbocycles. The number of aryl methyl sites for hydroxylation is 1. The molecule has 0 atom stereocenters. The average molecular weight is 399 g/mol. The molecule has 0 aromatic heterocycles. The number of carboxylic acid groups (broad SMARTS) is 1. The molecule has 1 aromatic rings. The highest BCUT2D eigenvalue weighted by molar-refractivity contribution is 5.89. The van der Waals surface area contributed by atoms with Crippen LogP contribution in [0.5, 0.6) is 0 Å². The summed E-state index contributed by atoms with van der Waals surface area (Å²) in [6.07, 6.45) is -0.953. The maximum absolute atomic E-state index is 13.0. The van der Waals surface area contributed by atoms with Crippen molar-refractivity contribution in [3.63, 3.8) is 0 Å². The van der Waals surface area contributed by atoms with Gasteiger partial charge in [0, 0.05) is 24.3 Å². The van der Waals surface area contributed by atoms with Crippen molar-refractivity contribution in [1.29, 1.82) is 0 Å². The minimum absolute atomic E-state index is 0.0102. The van der Waals surface area contributed by atoms with Crippen LogP contribution in [-0.2, 0) is 11.0 Å². The summed E-state index contributed by atoms with van der Waals surface area (Å²) in [5.41, 5.74) is -0.611. The molecule has 2 amide bonds. The van der Waals surface area contributed by atoms with Crippen LogP contribution in [-0.4, -0.2) is 47.2 Å². The number of rotatable bonds is 7. The molecule has 0 unspecified atom stereocenters. The Labute approximate surface area is 161 Å². The number of anilines is 1. The molecule has 0 bridgehead atoms. The summed E-state index contributed by atoms with van der Waals surface area (Å²) in [7, 11) is 0. The maximum Gasteiger partial charge on any atom is 0.416 e. The van der Waals surface area contributed by atoms with Gasteiger partial charge in [-0.05, 0) is 56.2 Å². The number of urea groups is 1. The molecule has 0 saturated heterocycles. The van der Waals surface area contributed by atoms with Crippen LogP contribution in [0.4, 0.5) is 23.7 Å².